The van der Waals surface area contributed by atoms with Crippen LogP contribution in [0.25, 0.3) is 0 Å². The van der Waals surface area contributed by atoms with E-state index in [1.165, 1.54) is 6.07 Å². The van der Waals surface area contributed by atoms with E-state index in [0.717, 1.165) is 29.7 Å². The van der Waals surface area contributed by atoms with Gasteiger partial charge < -0.3 is 20.6 Å². The molecule has 7 atom stereocenters. The van der Waals surface area contributed by atoms with Gasteiger partial charge in [0.25, 0.3) is 0 Å². The molecule has 246 valence electrons. The Labute approximate surface area is 266 Å². The number of sulfonamides is 1. The van der Waals surface area contributed by atoms with E-state index < -0.39 is 43.4 Å². The van der Waals surface area contributed by atoms with E-state index in [2.05, 4.69) is 10.0 Å². The summed E-state index contributed by atoms with van der Waals surface area (Å²) in [6.45, 7) is 4.51. The van der Waals surface area contributed by atoms with Crippen molar-refractivity contribution in [2.24, 2.45) is 11.8 Å². The number of allylic oxidation sites excluding steroid dienone is 2. The summed E-state index contributed by atoms with van der Waals surface area (Å²) in [6, 6.07) is 11.2. The van der Waals surface area contributed by atoms with Gasteiger partial charge in [-0.2, -0.15) is 0 Å². The van der Waals surface area contributed by atoms with E-state index >= 15 is 0 Å². The fraction of sp³-hybridized carbons (Fsp3) is 0.625. The smallest absolute Gasteiger partial charge is 0.250 e. The Balaban J connectivity index is 1.20. The second kappa shape index (κ2) is 15.8. The van der Waals surface area contributed by atoms with Gasteiger partial charge in [0, 0.05) is 18.2 Å². The second-order valence-electron chi connectivity index (χ2n) is 12.2. The van der Waals surface area contributed by atoms with E-state index in [1.54, 1.807) is 6.92 Å². The van der Waals surface area contributed by atoms with Crippen LogP contribution in [-0.2, 0) is 26.3 Å². The van der Waals surface area contributed by atoms with E-state index in [9.17, 15) is 32.2 Å². The van der Waals surface area contributed by atoms with Crippen LogP contribution in [0.5, 0.6) is 0 Å². The third kappa shape index (κ3) is 8.79. The summed E-state index contributed by atoms with van der Waals surface area (Å²) in [5.41, 5.74) is 1.62. The maximum atomic E-state index is 13.0. The predicted octanol–water partition coefficient (Wildman–Crippen LogP) is 4.10. The zero-order chi connectivity index (χ0) is 31.9. The number of hydrogen-bond donors (Lipinski definition) is 5. The normalized spacial score (nSPS) is 27.5. The van der Waals surface area contributed by atoms with E-state index in [-0.39, 0.29) is 32.8 Å². The fourth-order valence-corrected chi connectivity index (χ4v) is 11.6. The van der Waals surface area contributed by atoms with Gasteiger partial charge in [-0.3, -0.25) is 0 Å². The lowest BCUT2D eigenvalue weighted by atomic mass is 9.85. The Hall–Kier alpha value is -1.64. The number of unbranched alkanes of at least 4 members (excludes halogenated alkanes) is 2. The van der Waals surface area contributed by atoms with Crippen LogP contribution in [0, 0.1) is 11.8 Å². The van der Waals surface area contributed by atoms with Crippen LogP contribution >= 0.6 is 11.3 Å². The summed E-state index contributed by atoms with van der Waals surface area (Å²) in [5, 5.41) is 34.3. The van der Waals surface area contributed by atoms with Crippen LogP contribution in [0.15, 0.2) is 57.0 Å². The standard InChI is InChI=1S/C32H48N2O7S3/c1-3-33-28-18-22(2)43(38,39)32-27(28)20-31(42-32)44(40,41)34-17-11-6-4-5-10-14-25-26(30(37)21-29(25)36)16-15-24(35)19-23-12-8-7-9-13-23/h5,7-10,12-13,20,22,24-26,28-30,33-37H,3-4,6,11,14-19,21H2,1-2H3/b10-5-/t22-,24-,25-,26-,28-,29+,30-/m1/s1. The van der Waals surface area contributed by atoms with Crippen molar-refractivity contribution >= 4 is 31.2 Å². The van der Waals surface area contributed by atoms with Crippen molar-refractivity contribution in [1.29, 1.82) is 0 Å². The highest BCUT2D eigenvalue weighted by Crippen LogP contribution is 2.43. The lowest BCUT2D eigenvalue weighted by Gasteiger charge is -2.27. The van der Waals surface area contributed by atoms with Gasteiger partial charge in [-0.1, -0.05) is 49.4 Å². The molecule has 0 spiro atoms. The maximum Gasteiger partial charge on any atom is 0.250 e. The molecule has 2 aliphatic rings. The molecule has 9 nitrogen and oxygen atoms in total. The molecule has 1 fully saturated rings. The van der Waals surface area contributed by atoms with E-state index in [1.807, 2.05) is 49.4 Å². The number of aliphatic hydroxyl groups excluding tert-OH is 3. The highest BCUT2D eigenvalue weighted by Gasteiger charge is 2.41. The summed E-state index contributed by atoms with van der Waals surface area (Å²) in [5.74, 6) is -0.129. The van der Waals surface area contributed by atoms with Crippen LogP contribution in [0.4, 0.5) is 0 Å². The van der Waals surface area contributed by atoms with Crippen LogP contribution in [0.3, 0.4) is 0 Å². The number of benzene rings is 1. The molecule has 0 unspecified atom stereocenters. The van der Waals surface area contributed by atoms with Crippen molar-refractivity contribution in [2.75, 3.05) is 13.1 Å². The fourth-order valence-electron chi connectivity index (χ4n) is 6.49. The van der Waals surface area contributed by atoms with Gasteiger partial charge in [-0.05, 0) is 94.7 Å². The van der Waals surface area contributed by atoms with Gasteiger partial charge in [0.1, 0.15) is 8.42 Å². The summed E-state index contributed by atoms with van der Waals surface area (Å²) in [7, 11) is -7.37. The third-order valence-electron chi connectivity index (χ3n) is 8.98. The quantitative estimate of drug-likeness (QED) is 0.132. The van der Waals surface area contributed by atoms with E-state index in [0.29, 0.717) is 57.1 Å². The average molecular weight is 669 g/mol. The molecule has 2 heterocycles. The third-order valence-corrected chi connectivity index (χ3v) is 14.8. The van der Waals surface area contributed by atoms with Crippen molar-refractivity contribution in [2.45, 2.75) is 110 Å². The van der Waals surface area contributed by atoms with Crippen molar-refractivity contribution < 1.29 is 32.2 Å². The van der Waals surface area contributed by atoms with E-state index in [4.69, 9.17) is 0 Å². The molecular formula is C32H48N2O7S3. The van der Waals surface area contributed by atoms with Gasteiger partial charge in [0.15, 0.2) is 9.84 Å². The number of sulfone groups is 1. The minimum atomic E-state index is -3.83. The first-order valence-electron chi connectivity index (χ1n) is 15.8. The van der Waals surface area contributed by atoms with Gasteiger partial charge in [0.05, 0.1) is 23.6 Å². The zero-order valence-corrected chi connectivity index (χ0v) is 28.1. The van der Waals surface area contributed by atoms with Crippen LogP contribution in [0.1, 0.15) is 82.4 Å². The molecule has 0 radical (unpaired) electrons. The first kappa shape index (κ1) is 35.2. The molecular weight excluding hydrogens is 621 g/mol. The number of thiophene rings is 1. The minimum absolute atomic E-state index is 0.0300. The monoisotopic (exact) mass is 668 g/mol. The number of rotatable bonds is 16. The SMILES string of the molecule is CCN[C@@H]1C[C@@H](C)S(=O)(=O)c2sc(S(=O)(=O)NCCCC/C=C\C[C@@H]3[C@@H](CC[C@@H](O)Cc4ccccc4)[C@H](O)C[C@@H]3O)cc21. The number of hydrogen-bond acceptors (Lipinski definition) is 9. The molecule has 1 aromatic carbocycles. The van der Waals surface area contributed by atoms with Crippen LogP contribution < -0.4 is 10.0 Å². The Morgan fingerprint density at radius 1 is 1.07 bits per heavy atom. The van der Waals surface area contributed by atoms with Gasteiger partial charge in [0.2, 0.25) is 10.0 Å². The Kier molecular flexibility index (Phi) is 12.6. The van der Waals surface area contributed by atoms with Crippen molar-refractivity contribution in [3.05, 3.63) is 59.7 Å². The highest BCUT2D eigenvalue weighted by atomic mass is 32.3. The first-order valence-corrected chi connectivity index (χ1v) is 19.6. The molecule has 4 rings (SSSR count). The molecule has 0 bridgehead atoms. The molecule has 1 aromatic heterocycles. The summed E-state index contributed by atoms with van der Waals surface area (Å²) in [4.78, 5) is 0. The molecule has 1 aliphatic heterocycles. The maximum absolute atomic E-state index is 13.0. The van der Waals surface area contributed by atoms with Crippen LogP contribution in [0.2, 0.25) is 0 Å². The average Bonchev–Trinajstić information content (AvgIpc) is 3.55. The van der Waals surface area contributed by atoms with Gasteiger partial charge in [-0.15, -0.1) is 11.3 Å². The summed E-state index contributed by atoms with van der Waals surface area (Å²) >= 11 is 0.833. The number of nitrogens with one attached hydrogen (secondary N) is 2. The largest absolute Gasteiger partial charge is 0.393 e. The van der Waals surface area contributed by atoms with Gasteiger partial charge >= 0.3 is 0 Å². The Bertz CT molecular complexity index is 1440. The van der Waals surface area contributed by atoms with Crippen molar-refractivity contribution in [1.82, 2.24) is 10.0 Å². The molecule has 0 saturated heterocycles. The zero-order valence-electron chi connectivity index (χ0n) is 25.6. The molecule has 2 aromatic rings. The van der Waals surface area contributed by atoms with Gasteiger partial charge in [-0.25, -0.2) is 21.6 Å². The lowest BCUT2D eigenvalue weighted by molar-refractivity contribution is 0.0881. The molecule has 5 N–H and O–H groups in total. The minimum Gasteiger partial charge on any atom is -0.393 e. The molecule has 0 amide bonds. The summed E-state index contributed by atoms with van der Waals surface area (Å²) < 4.78 is 54.5. The number of aliphatic hydroxyl groups is 3. The number of fused-ring (bicyclic) bond motifs is 1. The Morgan fingerprint density at radius 3 is 2.52 bits per heavy atom. The second-order valence-corrected chi connectivity index (χ2v) is 17.8. The summed E-state index contributed by atoms with van der Waals surface area (Å²) in [6.07, 6.45) is 7.76. The first-order chi connectivity index (χ1) is 20.9. The molecule has 44 heavy (non-hydrogen) atoms. The topological polar surface area (TPSA) is 153 Å². The predicted molar refractivity (Wildman–Crippen MR) is 174 cm³/mol. The van der Waals surface area contributed by atoms with Crippen molar-refractivity contribution in [3.8, 4) is 0 Å². The molecule has 1 saturated carbocycles. The molecule has 1 aliphatic carbocycles. The highest BCUT2D eigenvalue weighted by molar-refractivity contribution is 7.95. The van der Waals surface area contributed by atoms with Crippen LogP contribution in [-0.4, -0.2) is 68.8 Å². The van der Waals surface area contributed by atoms with Crippen molar-refractivity contribution in [3.63, 3.8) is 0 Å². The molecule has 12 heteroatoms. The lowest BCUT2D eigenvalue weighted by Crippen LogP contribution is -2.33. The Morgan fingerprint density at radius 2 is 1.80 bits per heavy atom.